The summed E-state index contributed by atoms with van der Waals surface area (Å²) in [5.41, 5.74) is 8.66. The minimum Gasteiger partial charge on any atom is -0.365 e. The molecule has 2 heterocycles. The predicted molar refractivity (Wildman–Crippen MR) is 142 cm³/mol. The lowest BCUT2D eigenvalue weighted by atomic mass is 9.95. The molecular formula is C25H30N6O3S2. The first-order chi connectivity index (χ1) is 17.3. The molecule has 1 atom stereocenters. The van der Waals surface area contributed by atoms with E-state index in [1.165, 1.54) is 23.1 Å². The number of amides is 3. The van der Waals surface area contributed by atoms with Gasteiger partial charge >= 0.3 is 0 Å². The second-order valence-electron chi connectivity index (χ2n) is 8.77. The number of hydrogen-bond donors (Lipinski definition) is 3. The molecular weight excluding hydrogens is 496 g/mol. The molecule has 0 spiro atoms. The number of rotatable bonds is 9. The summed E-state index contributed by atoms with van der Waals surface area (Å²) in [6.45, 7) is 6.34. The number of nitrogens with zero attached hydrogens (tertiary/aromatic N) is 3. The molecule has 0 saturated carbocycles. The van der Waals surface area contributed by atoms with E-state index >= 15 is 0 Å². The van der Waals surface area contributed by atoms with Crippen LogP contribution < -0.4 is 16.4 Å². The van der Waals surface area contributed by atoms with Crippen molar-refractivity contribution >= 4 is 45.8 Å². The molecule has 1 aromatic carbocycles. The molecule has 3 aromatic rings. The van der Waals surface area contributed by atoms with Crippen LogP contribution in [0.15, 0.2) is 29.4 Å². The van der Waals surface area contributed by atoms with Crippen LogP contribution in [0.4, 0.5) is 5.00 Å². The number of fused-ring (bicyclic) bond motifs is 1. The molecule has 0 unspecified atom stereocenters. The van der Waals surface area contributed by atoms with Gasteiger partial charge in [0.15, 0.2) is 11.0 Å². The van der Waals surface area contributed by atoms with E-state index in [9.17, 15) is 14.4 Å². The number of thioether (sulfide) groups is 1. The van der Waals surface area contributed by atoms with Gasteiger partial charge in [-0.1, -0.05) is 29.5 Å². The fourth-order valence-electron chi connectivity index (χ4n) is 4.36. The third kappa shape index (κ3) is 5.62. The van der Waals surface area contributed by atoms with Crippen LogP contribution in [0.2, 0.25) is 0 Å². The van der Waals surface area contributed by atoms with Crippen LogP contribution in [-0.2, 0) is 24.2 Å². The Morgan fingerprint density at radius 1 is 1.22 bits per heavy atom. The van der Waals surface area contributed by atoms with Crippen molar-refractivity contribution in [1.29, 1.82) is 0 Å². The van der Waals surface area contributed by atoms with Gasteiger partial charge in [0.05, 0.1) is 17.4 Å². The number of benzene rings is 1. The molecule has 1 aliphatic carbocycles. The van der Waals surface area contributed by atoms with Gasteiger partial charge in [-0.3, -0.25) is 14.4 Å². The summed E-state index contributed by atoms with van der Waals surface area (Å²) in [7, 11) is 0. The fourth-order valence-corrected chi connectivity index (χ4v) is 6.48. The summed E-state index contributed by atoms with van der Waals surface area (Å²) in [5, 5.41) is 15.5. The number of thiophene rings is 1. The Hall–Kier alpha value is -3.18. The van der Waals surface area contributed by atoms with Gasteiger partial charge in [0, 0.05) is 17.0 Å². The van der Waals surface area contributed by atoms with Gasteiger partial charge < -0.3 is 20.9 Å². The van der Waals surface area contributed by atoms with Crippen molar-refractivity contribution in [2.45, 2.75) is 64.2 Å². The highest BCUT2D eigenvalue weighted by Gasteiger charge is 2.25. The van der Waals surface area contributed by atoms with E-state index in [0.717, 1.165) is 41.7 Å². The van der Waals surface area contributed by atoms with E-state index in [-0.39, 0.29) is 23.6 Å². The second kappa shape index (κ2) is 11.3. The Kier molecular flexibility index (Phi) is 8.10. The highest BCUT2D eigenvalue weighted by Crippen LogP contribution is 2.38. The Balaban J connectivity index is 1.41. The van der Waals surface area contributed by atoms with Gasteiger partial charge in [-0.05, 0) is 64.2 Å². The normalized spacial score (nSPS) is 13.6. The van der Waals surface area contributed by atoms with Crippen molar-refractivity contribution in [3.63, 3.8) is 0 Å². The molecule has 36 heavy (non-hydrogen) atoms. The lowest BCUT2D eigenvalue weighted by Gasteiger charge is -2.15. The van der Waals surface area contributed by atoms with Gasteiger partial charge in [-0.25, -0.2) is 0 Å². The Morgan fingerprint density at radius 3 is 2.72 bits per heavy atom. The van der Waals surface area contributed by atoms with Crippen molar-refractivity contribution in [2.24, 2.45) is 5.73 Å². The monoisotopic (exact) mass is 526 g/mol. The number of carbonyl (C=O) groups is 3. The maximum atomic E-state index is 12.8. The minimum atomic E-state index is -0.505. The molecule has 9 nitrogen and oxygen atoms in total. The van der Waals surface area contributed by atoms with E-state index < -0.39 is 5.91 Å². The number of nitrogens with two attached hydrogens (primary N) is 1. The molecule has 0 fully saturated rings. The average molecular weight is 527 g/mol. The van der Waals surface area contributed by atoms with E-state index in [1.807, 2.05) is 43.5 Å². The molecule has 0 saturated heterocycles. The zero-order valence-corrected chi connectivity index (χ0v) is 22.2. The number of aryl methyl sites for hydroxylation is 2. The molecule has 1 aliphatic rings. The molecule has 3 amide bonds. The first-order valence-electron chi connectivity index (χ1n) is 12.0. The van der Waals surface area contributed by atoms with E-state index in [2.05, 4.69) is 20.8 Å². The highest BCUT2D eigenvalue weighted by atomic mass is 32.2. The minimum absolute atomic E-state index is 0.100. The number of carbonyl (C=O) groups excluding carboxylic acids is 3. The summed E-state index contributed by atoms with van der Waals surface area (Å²) in [5.74, 6) is -0.218. The summed E-state index contributed by atoms with van der Waals surface area (Å²) >= 11 is 2.70. The number of anilines is 1. The summed E-state index contributed by atoms with van der Waals surface area (Å²) < 4.78 is 1.89. The number of nitrogens with one attached hydrogen (secondary N) is 2. The van der Waals surface area contributed by atoms with E-state index in [1.54, 1.807) is 6.07 Å². The zero-order valence-electron chi connectivity index (χ0n) is 20.6. The van der Waals surface area contributed by atoms with Gasteiger partial charge in [-0.15, -0.1) is 21.5 Å². The maximum Gasteiger partial charge on any atom is 0.251 e. The number of aromatic nitrogens is 3. The molecule has 4 N–H and O–H groups in total. The standard InChI is InChI=1S/C25H30N6O3S2/c1-4-31-22(15(3)27-23(34)16-9-7-8-14(2)12-16)29-30-25(31)35-13-19(32)28-24-20(21(26)33)17-10-5-6-11-18(17)36-24/h7-9,12,15H,4-6,10-11,13H2,1-3H3,(H2,26,33)(H,27,34)(H,28,32)/t15-/m0/s1. The maximum absolute atomic E-state index is 12.8. The van der Waals surface area contributed by atoms with E-state index in [0.29, 0.717) is 33.7 Å². The third-order valence-corrected chi connectivity index (χ3v) is 8.25. The van der Waals surface area contributed by atoms with Crippen LogP contribution in [0.3, 0.4) is 0 Å². The smallest absolute Gasteiger partial charge is 0.251 e. The lowest BCUT2D eigenvalue weighted by molar-refractivity contribution is -0.113. The van der Waals surface area contributed by atoms with Gasteiger partial charge in [0.1, 0.15) is 5.00 Å². The highest BCUT2D eigenvalue weighted by molar-refractivity contribution is 7.99. The quantitative estimate of drug-likeness (QED) is 0.363. The Morgan fingerprint density at radius 2 is 2.00 bits per heavy atom. The fraction of sp³-hybridized carbons (Fsp3) is 0.400. The number of hydrogen-bond acceptors (Lipinski definition) is 7. The largest absolute Gasteiger partial charge is 0.365 e. The molecule has 11 heteroatoms. The SMILES string of the molecule is CCn1c(SCC(=O)Nc2sc3c(c2C(N)=O)CCCC3)nnc1[C@H](C)NC(=O)c1cccc(C)c1. The Labute approximate surface area is 218 Å². The summed E-state index contributed by atoms with van der Waals surface area (Å²) in [6, 6.07) is 7.02. The Bertz CT molecular complexity index is 1300. The van der Waals surface area contributed by atoms with E-state index in [4.69, 9.17) is 5.73 Å². The van der Waals surface area contributed by atoms with Gasteiger partial charge in [0.25, 0.3) is 11.8 Å². The third-order valence-electron chi connectivity index (χ3n) is 6.08. The lowest BCUT2D eigenvalue weighted by Crippen LogP contribution is -2.28. The molecule has 0 aliphatic heterocycles. The van der Waals surface area contributed by atoms with Crippen LogP contribution >= 0.6 is 23.1 Å². The van der Waals surface area contributed by atoms with Crippen molar-refractivity contribution in [2.75, 3.05) is 11.1 Å². The van der Waals surface area contributed by atoms with Crippen molar-refractivity contribution < 1.29 is 14.4 Å². The van der Waals surface area contributed by atoms with Crippen LogP contribution in [0.1, 0.15) is 75.3 Å². The molecule has 0 radical (unpaired) electrons. The molecule has 0 bridgehead atoms. The van der Waals surface area contributed by atoms with Crippen LogP contribution in [0.25, 0.3) is 0 Å². The first kappa shape index (κ1) is 25.9. The molecule has 190 valence electrons. The van der Waals surface area contributed by atoms with Crippen molar-refractivity contribution in [3.05, 3.63) is 57.2 Å². The van der Waals surface area contributed by atoms with Crippen molar-refractivity contribution in [3.8, 4) is 0 Å². The van der Waals surface area contributed by atoms with Gasteiger partial charge in [-0.2, -0.15) is 0 Å². The number of primary amides is 1. The first-order valence-corrected chi connectivity index (χ1v) is 13.8. The summed E-state index contributed by atoms with van der Waals surface area (Å²) in [4.78, 5) is 38.6. The average Bonchev–Trinajstić information content (AvgIpc) is 3.43. The topological polar surface area (TPSA) is 132 Å². The molecule has 2 aromatic heterocycles. The summed E-state index contributed by atoms with van der Waals surface area (Å²) in [6.07, 6.45) is 3.82. The van der Waals surface area contributed by atoms with Crippen LogP contribution in [-0.4, -0.2) is 38.2 Å². The van der Waals surface area contributed by atoms with Crippen LogP contribution in [0, 0.1) is 6.92 Å². The van der Waals surface area contributed by atoms with Crippen molar-refractivity contribution in [1.82, 2.24) is 20.1 Å². The van der Waals surface area contributed by atoms with Gasteiger partial charge in [0.2, 0.25) is 5.91 Å². The zero-order chi connectivity index (χ0) is 25.8. The van der Waals surface area contributed by atoms with Crippen LogP contribution in [0.5, 0.6) is 0 Å². The molecule has 4 rings (SSSR count). The predicted octanol–water partition coefficient (Wildman–Crippen LogP) is 3.87. The second-order valence-corrected chi connectivity index (χ2v) is 10.8.